The maximum atomic E-state index is 14.1. The van der Waals surface area contributed by atoms with Gasteiger partial charge in [0.15, 0.2) is 11.5 Å². The number of imidazole rings is 1. The summed E-state index contributed by atoms with van der Waals surface area (Å²) < 4.78 is 29.4. The Morgan fingerprint density at radius 1 is 1.15 bits per heavy atom. The van der Waals surface area contributed by atoms with Crippen molar-refractivity contribution in [2.75, 3.05) is 5.32 Å². The van der Waals surface area contributed by atoms with Gasteiger partial charge in [0.25, 0.3) is 5.56 Å². The van der Waals surface area contributed by atoms with Gasteiger partial charge >= 0.3 is 0 Å². The van der Waals surface area contributed by atoms with Crippen molar-refractivity contribution in [2.45, 2.75) is 19.4 Å². The van der Waals surface area contributed by atoms with Crippen LogP contribution in [0.5, 0.6) is 0 Å². The number of nitrogens with one attached hydrogen (secondary N) is 2. The van der Waals surface area contributed by atoms with Gasteiger partial charge in [-0.1, -0.05) is 24.6 Å². The van der Waals surface area contributed by atoms with Gasteiger partial charge in [-0.05, 0) is 30.7 Å². The van der Waals surface area contributed by atoms with Gasteiger partial charge in [0, 0.05) is 6.07 Å². The Morgan fingerprint density at radius 3 is 2.70 bits per heavy atom. The molecule has 3 aromatic heterocycles. The minimum atomic E-state index is -0.821. The molecule has 33 heavy (non-hydrogen) atoms. The fourth-order valence-corrected chi connectivity index (χ4v) is 4.00. The summed E-state index contributed by atoms with van der Waals surface area (Å²) in [6.07, 6.45) is 3.32. The molecule has 166 valence electrons. The van der Waals surface area contributed by atoms with Crippen molar-refractivity contribution in [3.8, 4) is 5.69 Å². The summed E-state index contributed by atoms with van der Waals surface area (Å²) in [5.74, 6) is -0.952. The van der Waals surface area contributed by atoms with Crippen LogP contribution in [0.1, 0.15) is 25.2 Å². The summed E-state index contributed by atoms with van der Waals surface area (Å²) in [4.78, 5) is 33.7. The van der Waals surface area contributed by atoms with Crippen LogP contribution < -0.4 is 10.9 Å². The molecule has 0 fully saturated rings. The van der Waals surface area contributed by atoms with Crippen LogP contribution in [-0.2, 0) is 0 Å². The predicted octanol–water partition coefficient (Wildman–Crippen LogP) is 4.55. The lowest BCUT2D eigenvalue weighted by atomic mass is 10.1. The quantitative estimate of drug-likeness (QED) is 0.393. The van der Waals surface area contributed by atoms with Crippen molar-refractivity contribution >= 4 is 39.5 Å². The van der Waals surface area contributed by atoms with Crippen LogP contribution >= 0.6 is 11.6 Å². The van der Waals surface area contributed by atoms with Crippen LogP contribution in [0, 0.1) is 11.6 Å². The third-order valence-corrected chi connectivity index (χ3v) is 5.55. The van der Waals surface area contributed by atoms with Crippen LogP contribution in [0.25, 0.3) is 27.8 Å². The molecule has 3 heterocycles. The lowest BCUT2D eigenvalue weighted by Gasteiger charge is -2.22. The number of benzene rings is 2. The van der Waals surface area contributed by atoms with Gasteiger partial charge in [0.2, 0.25) is 0 Å². The highest BCUT2D eigenvalue weighted by atomic mass is 35.5. The smallest absolute Gasteiger partial charge is 0.267 e. The Bertz CT molecular complexity index is 1550. The largest absolute Gasteiger partial charge is 0.358 e. The second-order valence-electron chi connectivity index (χ2n) is 7.30. The van der Waals surface area contributed by atoms with Gasteiger partial charge in [-0.3, -0.25) is 9.36 Å². The minimum absolute atomic E-state index is 0.00329. The Kier molecular flexibility index (Phi) is 5.21. The van der Waals surface area contributed by atoms with Gasteiger partial charge in [-0.2, -0.15) is 0 Å². The maximum absolute atomic E-state index is 14.1. The van der Waals surface area contributed by atoms with Gasteiger partial charge in [-0.25, -0.2) is 28.7 Å². The van der Waals surface area contributed by atoms with E-state index >= 15 is 0 Å². The summed E-state index contributed by atoms with van der Waals surface area (Å²) in [7, 11) is 0. The Labute approximate surface area is 190 Å². The van der Waals surface area contributed by atoms with Crippen LogP contribution in [0.4, 0.5) is 14.6 Å². The Hall–Kier alpha value is -3.92. The molecule has 11 heteroatoms. The van der Waals surface area contributed by atoms with E-state index in [2.05, 4.69) is 30.2 Å². The molecule has 0 spiro atoms. The van der Waals surface area contributed by atoms with E-state index in [1.54, 1.807) is 18.2 Å². The minimum Gasteiger partial charge on any atom is -0.358 e. The van der Waals surface area contributed by atoms with E-state index in [4.69, 9.17) is 11.6 Å². The van der Waals surface area contributed by atoms with Crippen molar-refractivity contribution in [3.05, 3.63) is 81.9 Å². The molecule has 0 bridgehead atoms. The van der Waals surface area contributed by atoms with Crippen molar-refractivity contribution in [1.29, 1.82) is 0 Å². The number of rotatable bonds is 5. The Balaban J connectivity index is 1.76. The highest BCUT2D eigenvalue weighted by Gasteiger charge is 2.23. The standard InChI is InChI=1S/C22H16ClF2N7O/c1-2-15(30-20-18-19(27-9-26-18)28-10-29-20)21-31-16-5-3-4-14(23)17(16)22(33)32(21)13-7-11(24)6-12(25)8-13/h3-10,15H,2H2,1H3,(H2,26,27,28,29,30). The molecule has 0 aliphatic rings. The lowest BCUT2D eigenvalue weighted by molar-refractivity contribution is 0.578. The highest BCUT2D eigenvalue weighted by molar-refractivity contribution is 6.35. The topological polar surface area (TPSA) is 101 Å². The van der Waals surface area contributed by atoms with Gasteiger partial charge in [-0.15, -0.1) is 0 Å². The first-order valence-corrected chi connectivity index (χ1v) is 10.4. The fourth-order valence-electron chi connectivity index (χ4n) is 3.75. The van der Waals surface area contributed by atoms with Gasteiger partial charge < -0.3 is 10.3 Å². The third-order valence-electron chi connectivity index (χ3n) is 5.23. The molecule has 0 saturated carbocycles. The zero-order valence-electron chi connectivity index (χ0n) is 17.2. The zero-order valence-corrected chi connectivity index (χ0v) is 17.9. The number of halogens is 3. The van der Waals surface area contributed by atoms with E-state index in [0.29, 0.717) is 28.9 Å². The number of hydrogen-bond donors (Lipinski definition) is 2. The molecular weight excluding hydrogens is 452 g/mol. The molecule has 2 aromatic carbocycles. The van der Waals surface area contributed by atoms with E-state index in [1.165, 1.54) is 17.2 Å². The highest BCUT2D eigenvalue weighted by Crippen LogP contribution is 2.28. The average Bonchev–Trinajstić information content (AvgIpc) is 3.26. The number of nitrogens with zero attached hydrogens (tertiary/aromatic N) is 5. The summed E-state index contributed by atoms with van der Waals surface area (Å²) in [5.41, 5.74) is 0.859. The second-order valence-corrected chi connectivity index (χ2v) is 7.71. The van der Waals surface area contributed by atoms with E-state index in [1.807, 2.05) is 6.92 Å². The second kappa shape index (κ2) is 8.21. The molecule has 0 aliphatic heterocycles. The molecule has 0 amide bonds. The number of anilines is 1. The monoisotopic (exact) mass is 467 g/mol. The van der Waals surface area contributed by atoms with Crippen LogP contribution in [0.3, 0.4) is 0 Å². The summed E-state index contributed by atoms with van der Waals surface area (Å²) in [6.45, 7) is 1.88. The third kappa shape index (κ3) is 3.68. The van der Waals surface area contributed by atoms with E-state index in [-0.39, 0.29) is 21.9 Å². The van der Waals surface area contributed by atoms with Crippen molar-refractivity contribution in [3.63, 3.8) is 0 Å². The number of hydrogen-bond acceptors (Lipinski definition) is 6. The molecule has 5 aromatic rings. The maximum Gasteiger partial charge on any atom is 0.267 e. The average molecular weight is 468 g/mol. The molecule has 5 rings (SSSR count). The van der Waals surface area contributed by atoms with Gasteiger partial charge in [0.05, 0.1) is 34.0 Å². The predicted molar refractivity (Wildman–Crippen MR) is 121 cm³/mol. The zero-order chi connectivity index (χ0) is 23.1. The molecule has 0 saturated heterocycles. The normalized spacial score (nSPS) is 12.4. The van der Waals surface area contributed by atoms with E-state index in [9.17, 15) is 13.6 Å². The summed E-state index contributed by atoms with van der Waals surface area (Å²) in [6, 6.07) is 7.22. The molecule has 0 aliphatic carbocycles. The number of aromatic nitrogens is 6. The van der Waals surface area contributed by atoms with Crippen molar-refractivity contribution < 1.29 is 8.78 Å². The molecular formula is C22H16ClF2N7O. The molecule has 8 nitrogen and oxygen atoms in total. The Morgan fingerprint density at radius 2 is 1.94 bits per heavy atom. The lowest BCUT2D eigenvalue weighted by Crippen LogP contribution is -2.28. The first kappa shape index (κ1) is 21.0. The first-order valence-electron chi connectivity index (χ1n) is 10.0. The fraction of sp³-hybridized carbons (Fsp3) is 0.136. The summed E-state index contributed by atoms with van der Waals surface area (Å²) >= 11 is 6.29. The van der Waals surface area contributed by atoms with Gasteiger partial charge in [0.1, 0.15) is 29.3 Å². The first-order chi connectivity index (χ1) is 16.0. The number of H-pyrrole nitrogens is 1. The number of fused-ring (bicyclic) bond motifs is 2. The van der Waals surface area contributed by atoms with Crippen LogP contribution in [-0.4, -0.2) is 29.5 Å². The van der Waals surface area contributed by atoms with Crippen LogP contribution in [0.15, 0.2) is 53.8 Å². The SMILES string of the molecule is CCC(Nc1ncnc2nc[nH]c12)c1nc2cccc(Cl)c2c(=O)n1-c1cc(F)cc(F)c1. The number of aromatic amines is 1. The van der Waals surface area contributed by atoms with Crippen molar-refractivity contribution in [2.24, 2.45) is 0 Å². The summed E-state index contributed by atoms with van der Waals surface area (Å²) in [5, 5.41) is 3.60. The molecule has 2 N–H and O–H groups in total. The van der Waals surface area contributed by atoms with Crippen LogP contribution in [0.2, 0.25) is 5.02 Å². The molecule has 1 atom stereocenters. The molecule has 0 radical (unpaired) electrons. The molecule has 1 unspecified atom stereocenters. The van der Waals surface area contributed by atoms with E-state index < -0.39 is 23.2 Å². The van der Waals surface area contributed by atoms with Crippen molar-refractivity contribution in [1.82, 2.24) is 29.5 Å². The van der Waals surface area contributed by atoms with E-state index in [0.717, 1.165) is 18.2 Å².